The van der Waals surface area contributed by atoms with Crippen LogP contribution in [0.4, 0.5) is 5.69 Å². The Balaban J connectivity index is 2.29. The molecule has 0 unspecified atom stereocenters. The quantitative estimate of drug-likeness (QED) is 0.689. The number of nitrogens with zero attached hydrogens (tertiary/aromatic N) is 1. The van der Waals surface area contributed by atoms with Crippen LogP contribution in [-0.4, -0.2) is 32.1 Å². The SMILES string of the molecule is C[C@H](N)C(=O)OC(=O)c1ccc2cc(N(C)C)ccc2c1. The van der Waals surface area contributed by atoms with Gasteiger partial charge >= 0.3 is 11.9 Å². The Bertz CT molecular complexity index is 693. The molecule has 21 heavy (non-hydrogen) atoms. The Kier molecular flexibility index (Phi) is 4.23. The smallest absolute Gasteiger partial charge is 0.345 e. The summed E-state index contributed by atoms with van der Waals surface area (Å²) in [5.74, 6) is -1.42. The lowest BCUT2D eigenvalue weighted by Gasteiger charge is -2.13. The lowest BCUT2D eigenvalue weighted by Crippen LogP contribution is -2.30. The summed E-state index contributed by atoms with van der Waals surface area (Å²) in [6, 6.07) is 10.3. The van der Waals surface area contributed by atoms with Crippen molar-refractivity contribution < 1.29 is 14.3 Å². The predicted octanol–water partition coefficient (Wildman–Crippen LogP) is 1.94. The summed E-state index contributed by atoms with van der Waals surface area (Å²) in [6.07, 6.45) is 0. The summed E-state index contributed by atoms with van der Waals surface area (Å²) < 4.78 is 4.70. The van der Waals surface area contributed by atoms with Crippen LogP contribution in [0.5, 0.6) is 0 Å². The summed E-state index contributed by atoms with van der Waals surface area (Å²) in [4.78, 5) is 25.2. The van der Waals surface area contributed by atoms with Crippen LogP contribution < -0.4 is 10.6 Å². The average Bonchev–Trinajstić information content (AvgIpc) is 2.45. The number of nitrogens with two attached hydrogens (primary N) is 1. The maximum Gasteiger partial charge on any atom is 0.345 e. The zero-order chi connectivity index (χ0) is 15.6. The first-order valence-electron chi connectivity index (χ1n) is 6.61. The highest BCUT2D eigenvalue weighted by molar-refractivity contribution is 6.01. The first-order chi connectivity index (χ1) is 9.88. The number of benzene rings is 2. The van der Waals surface area contributed by atoms with Gasteiger partial charge in [0.15, 0.2) is 0 Å². The van der Waals surface area contributed by atoms with Crippen molar-refractivity contribution in [3.63, 3.8) is 0 Å². The monoisotopic (exact) mass is 286 g/mol. The highest BCUT2D eigenvalue weighted by atomic mass is 16.6. The first kappa shape index (κ1) is 15.0. The second-order valence-electron chi connectivity index (χ2n) is 5.14. The van der Waals surface area contributed by atoms with Crippen molar-refractivity contribution in [1.82, 2.24) is 0 Å². The number of esters is 2. The molecule has 2 aromatic rings. The number of fused-ring (bicyclic) bond motifs is 1. The second kappa shape index (κ2) is 5.93. The minimum absolute atomic E-state index is 0.328. The molecule has 0 aliphatic carbocycles. The number of ether oxygens (including phenoxy) is 1. The van der Waals surface area contributed by atoms with E-state index in [2.05, 4.69) is 0 Å². The van der Waals surface area contributed by atoms with Gasteiger partial charge in [0.25, 0.3) is 0 Å². The molecule has 0 saturated heterocycles. The van der Waals surface area contributed by atoms with E-state index in [1.165, 1.54) is 6.92 Å². The summed E-state index contributed by atoms with van der Waals surface area (Å²) >= 11 is 0. The van der Waals surface area contributed by atoms with E-state index in [0.29, 0.717) is 5.56 Å². The van der Waals surface area contributed by atoms with Gasteiger partial charge in [0.05, 0.1) is 5.56 Å². The van der Waals surface area contributed by atoms with Gasteiger partial charge in [-0.15, -0.1) is 0 Å². The molecule has 0 spiro atoms. The summed E-state index contributed by atoms with van der Waals surface area (Å²) in [5.41, 5.74) is 6.77. The molecule has 2 aromatic carbocycles. The molecule has 0 aromatic heterocycles. The molecule has 1 atom stereocenters. The van der Waals surface area contributed by atoms with E-state index in [1.807, 2.05) is 43.3 Å². The van der Waals surface area contributed by atoms with E-state index in [-0.39, 0.29) is 0 Å². The number of rotatable bonds is 3. The number of carbonyl (C=O) groups is 2. The van der Waals surface area contributed by atoms with Crippen molar-refractivity contribution in [2.45, 2.75) is 13.0 Å². The van der Waals surface area contributed by atoms with Crippen LogP contribution in [0.25, 0.3) is 10.8 Å². The van der Waals surface area contributed by atoms with Crippen molar-refractivity contribution in [1.29, 1.82) is 0 Å². The van der Waals surface area contributed by atoms with E-state index in [1.54, 1.807) is 12.1 Å². The van der Waals surface area contributed by atoms with E-state index in [0.717, 1.165) is 16.5 Å². The largest absolute Gasteiger partial charge is 0.388 e. The first-order valence-corrected chi connectivity index (χ1v) is 6.61. The van der Waals surface area contributed by atoms with Gasteiger partial charge in [-0.1, -0.05) is 12.1 Å². The zero-order valence-corrected chi connectivity index (χ0v) is 12.3. The Morgan fingerprint density at radius 2 is 1.71 bits per heavy atom. The maximum absolute atomic E-state index is 11.9. The Hall–Kier alpha value is -2.40. The number of hydrogen-bond donors (Lipinski definition) is 1. The van der Waals surface area contributed by atoms with Crippen LogP contribution in [0.1, 0.15) is 17.3 Å². The van der Waals surface area contributed by atoms with Crippen molar-refractivity contribution in [3.05, 3.63) is 42.0 Å². The third kappa shape index (κ3) is 3.38. The van der Waals surface area contributed by atoms with Crippen molar-refractivity contribution >= 4 is 28.4 Å². The molecule has 0 aliphatic heterocycles. The maximum atomic E-state index is 11.9. The molecule has 0 fully saturated rings. The van der Waals surface area contributed by atoms with Crippen LogP contribution >= 0.6 is 0 Å². The molecule has 0 amide bonds. The molecular formula is C16H18N2O3. The zero-order valence-electron chi connectivity index (χ0n) is 12.3. The Morgan fingerprint density at radius 1 is 1.10 bits per heavy atom. The average molecular weight is 286 g/mol. The summed E-state index contributed by atoms with van der Waals surface area (Å²) in [7, 11) is 3.93. The van der Waals surface area contributed by atoms with Crippen LogP contribution in [-0.2, 0) is 9.53 Å². The molecule has 5 heteroatoms. The highest BCUT2D eigenvalue weighted by Crippen LogP contribution is 2.22. The number of anilines is 1. The van der Waals surface area contributed by atoms with Crippen LogP contribution in [0.3, 0.4) is 0 Å². The van der Waals surface area contributed by atoms with Gasteiger partial charge in [-0.3, -0.25) is 0 Å². The Morgan fingerprint density at radius 3 is 2.33 bits per heavy atom. The number of carbonyl (C=O) groups excluding carboxylic acids is 2. The molecular weight excluding hydrogens is 268 g/mol. The van der Waals surface area contributed by atoms with Crippen LogP contribution in [0.15, 0.2) is 36.4 Å². The molecule has 110 valence electrons. The predicted molar refractivity (Wildman–Crippen MR) is 82.3 cm³/mol. The summed E-state index contributed by atoms with van der Waals surface area (Å²) in [6.45, 7) is 1.47. The molecule has 0 bridgehead atoms. The van der Waals surface area contributed by atoms with E-state index in [9.17, 15) is 9.59 Å². The second-order valence-corrected chi connectivity index (χ2v) is 5.14. The van der Waals surface area contributed by atoms with E-state index >= 15 is 0 Å². The van der Waals surface area contributed by atoms with Crippen molar-refractivity contribution in [2.24, 2.45) is 5.73 Å². The van der Waals surface area contributed by atoms with E-state index in [4.69, 9.17) is 10.5 Å². The molecule has 0 radical (unpaired) electrons. The van der Waals surface area contributed by atoms with Gasteiger partial charge in [0.1, 0.15) is 6.04 Å². The normalized spacial score (nSPS) is 12.0. The fourth-order valence-electron chi connectivity index (χ4n) is 1.88. The van der Waals surface area contributed by atoms with Crippen molar-refractivity contribution in [2.75, 3.05) is 19.0 Å². The molecule has 2 N–H and O–H groups in total. The van der Waals surface area contributed by atoms with Gasteiger partial charge < -0.3 is 15.4 Å². The van der Waals surface area contributed by atoms with Gasteiger partial charge in [-0.2, -0.15) is 0 Å². The lowest BCUT2D eigenvalue weighted by atomic mass is 10.1. The Labute approximate surface area is 123 Å². The van der Waals surface area contributed by atoms with Crippen LogP contribution in [0, 0.1) is 0 Å². The van der Waals surface area contributed by atoms with E-state index < -0.39 is 18.0 Å². The van der Waals surface area contributed by atoms with Crippen LogP contribution in [0.2, 0.25) is 0 Å². The molecule has 5 nitrogen and oxygen atoms in total. The minimum atomic E-state index is -0.822. The molecule has 0 aliphatic rings. The fourth-order valence-corrected chi connectivity index (χ4v) is 1.88. The third-order valence-corrected chi connectivity index (χ3v) is 3.14. The van der Waals surface area contributed by atoms with Gasteiger partial charge in [-0.25, -0.2) is 9.59 Å². The fraction of sp³-hybridized carbons (Fsp3) is 0.250. The topological polar surface area (TPSA) is 72.6 Å². The van der Waals surface area contributed by atoms with Gasteiger partial charge in [-0.05, 0) is 42.0 Å². The summed E-state index contributed by atoms with van der Waals surface area (Å²) in [5, 5.41) is 1.92. The van der Waals surface area contributed by atoms with Crippen molar-refractivity contribution in [3.8, 4) is 0 Å². The molecule has 2 rings (SSSR count). The van der Waals surface area contributed by atoms with Gasteiger partial charge in [0, 0.05) is 19.8 Å². The highest BCUT2D eigenvalue weighted by Gasteiger charge is 2.16. The number of hydrogen-bond acceptors (Lipinski definition) is 5. The lowest BCUT2D eigenvalue weighted by molar-refractivity contribution is -0.139. The standard InChI is InChI=1S/C16H18N2O3/c1-10(17)15(19)21-16(20)13-5-4-12-9-14(18(2)3)7-6-11(12)8-13/h4-10H,17H2,1-3H3/t10-/m0/s1. The molecule has 0 saturated carbocycles. The van der Waals surface area contributed by atoms with Gasteiger partial charge in [0.2, 0.25) is 0 Å². The third-order valence-electron chi connectivity index (χ3n) is 3.14. The molecule has 0 heterocycles. The minimum Gasteiger partial charge on any atom is -0.388 e.